The van der Waals surface area contributed by atoms with Gasteiger partial charge in [0.1, 0.15) is 11.3 Å². The Kier molecular flexibility index (Phi) is 3.50. The lowest BCUT2D eigenvalue weighted by atomic mass is 10.2. The Labute approximate surface area is 126 Å². The maximum absolute atomic E-state index is 11.2. The second-order valence-corrected chi connectivity index (χ2v) is 4.81. The molecule has 0 aliphatic carbocycles. The molecule has 2 heterocycles. The fourth-order valence-corrected chi connectivity index (χ4v) is 2.21. The van der Waals surface area contributed by atoms with Gasteiger partial charge in [0.15, 0.2) is 12.0 Å². The predicted molar refractivity (Wildman–Crippen MR) is 79.7 cm³/mol. The van der Waals surface area contributed by atoms with E-state index in [-0.39, 0.29) is 11.8 Å². The quantitative estimate of drug-likeness (QED) is 0.687. The summed E-state index contributed by atoms with van der Waals surface area (Å²) in [4.78, 5) is 19.6. The van der Waals surface area contributed by atoms with Gasteiger partial charge in [-0.25, -0.2) is 9.97 Å². The number of aromatic nitrogens is 2. The molecule has 6 nitrogen and oxygen atoms in total. The van der Waals surface area contributed by atoms with Crippen LogP contribution in [0.4, 0.5) is 0 Å². The minimum Gasteiger partial charge on any atom is -0.497 e. The Balaban J connectivity index is 2.10. The van der Waals surface area contributed by atoms with Gasteiger partial charge in [-0.1, -0.05) is 0 Å². The van der Waals surface area contributed by atoms with Crippen molar-refractivity contribution in [1.29, 1.82) is 0 Å². The largest absolute Gasteiger partial charge is 0.497 e. The summed E-state index contributed by atoms with van der Waals surface area (Å²) in [5.74, 6) is 1.02. The van der Waals surface area contributed by atoms with Crippen LogP contribution in [0.5, 0.6) is 17.5 Å². The van der Waals surface area contributed by atoms with Gasteiger partial charge in [-0.15, -0.1) is 0 Å². The topological polar surface area (TPSA) is 74.5 Å². The molecule has 6 heteroatoms. The first kappa shape index (κ1) is 14.1. The summed E-state index contributed by atoms with van der Waals surface area (Å²) in [7, 11) is 1.56. The number of hydrogen-bond donors (Lipinski definition) is 0. The molecule has 0 spiro atoms. The molecule has 112 valence electrons. The minimum atomic E-state index is 0.0889. The predicted octanol–water partition coefficient (Wildman–Crippen LogP) is 3.45. The molecule has 0 bridgehead atoms. The number of furan rings is 1. The number of aldehydes is 1. The summed E-state index contributed by atoms with van der Waals surface area (Å²) in [6, 6.07) is 7.24. The Bertz CT molecular complexity index is 834. The van der Waals surface area contributed by atoms with E-state index in [0.717, 1.165) is 11.4 Å². The monoisotopic (exact) mass is 298 g/mol. The molecule has 22 heavy (non-hydrogen) atoms. The Hall–Kier alpha value is -2.89. The van der Waals surface area contributed by atoms with Crippen molar-refractivity contribution in [2.45, 2.75) is 13.8 Å². The lowest BCUT2D eigenvalue weighted by molar-refractivity contribution is 0.109. The summed E-state index contributed by atoms with van der Waals surface area (Å²) in [5.41, 5.74) is 2.06. The van der Waals surface area contributed by atoms with Gasteiger partial charge >= 0.3 is 6.01 Å². The van der Waals surface area contributed by atoms with E-state index in [1.165, 1.54) is 0 Å². The molecular weight excluding hydrogens is 284 g/mol. The first-order chi connectivity index (χ1) is 10.6. The molecule has 0 aliphatic heterocycles. The average molecular weight is 298 g/mol. The molecule has 0 saturated heterocycles. The summed E-state index contributed by atoms with van der Waals surface area (Å²) in [6.45, 7) is 3.70. The molecule has 0 atom stereocenters. The van der Waals surface area contributed by atoms with Crippen molar-refractivity contribution in [1.82, 2.24) is 9.97 Å². The van der Waals surface area contributed by atoms with Gasteiger partial charge in [-0.3, -0.25) is 4.79 Å². The molecular formula is C16H14N2O4. The second-order valence-electron chi connectivity index (χ2n) is 4.81. The first-order valence-electron chi connectivity index (χ1n) is 6.66. The maximum Gasteiger partial charge on any atom is 0.322 e. The normalized spacial score (nSPS) is 10.7. The van der Waals surface area contributed by atoms with Crippen molar-refractivity contribution in [3.8, 4) is 17.5 Å². The highest BCUT2D eigenvalue weighted by Gasteiger charge is 2.18. The Morgan fingerprint density at radius 3 is 2.50 bits per heavy atom. The Morgan fingerprint density at radius 2 is 1.86 bits per heavy atom. The summed E-state index contributed by atoms with van der Waals surface area (Å²) >= 11 is 0. The molecule has 0 N–H and O–H groups in total. The number of nitrogens with zero attached hydrogens (tertiary/aromatic N) is 2. The average Bonchev–Trinajstić information content (AvgIpc) is 2.83. The highest BCUT2D eigenvalue weighted by Crippen LogP contribution is 2.36. The van der Waals surface area contributed by atoms with Crippen LogP contribution in [-0.2, 0) is 0 Å². The number of benzene rings is 1. The lowest BCUT2D eigenvalue weighted by Crippen LogP contribution is -1.96. The van der Waals surface area contributed by atoms with Gasteiger partial charge in [-0.2, -0.15) is 0 Å². The Morgan fingerprint density at radius 1 is 1.14 bits per heavy atom. The van der Waals surface area contributed by atoms with Crippen LogP contribution >= 0.6 is 0 Å². The van der Waals surface area contributed by atoms with Crippen LogP contribution in [0.1, 0.15) is 21.9 Å². The van der Waals surface area contributed by atoms with Crippen molar-refractivity contribution in [2.24, 2.45) is 0 Å². The molecule has 0 unspecified atom stereocenters. The van der Waals surface area contributed by atoms with Crippen LogP contribution < -0.4 is 9.47 Å². The van der Waals surface area contributed by atoms with Gasteiger partial charge in [0.25, 0.3) is 0 Å². The number of carbonyl (C=O) groups excluding carboxylic acids is 1. The zero-order valence-corrected chi connectivity index (χ0v) is 12.4. The molecule has 2 aromatic heterocycles. The van der Waals surface area contributed by atoms with Crippen molar-refractivity contribution in [3.63, 3.8) is 0 Å². The maximum atomic E-state index is 11.2. The number of ether oxygens (including phenoxy) is 2. The van der Waals surface area contributed by atoms with E-state index < -0.39 is 0 Å². The second kappa shape index (κ2) is 5.48. The standard InChI is InChI=1S/C16H14N2O4/c1-9-6-10(2)18-16(17-9)22-15-12-5-4-11(20-3)7-13(12)21-14(15)8-19/h4-8H,1-3H3. The lowest BCUT2D eigenvalue weighted by Gasteiger charge is -2.04. The molecule has 0 aliphatic rings. The van der Waals surface area contributed by atoms with E-state index in [4.69, 9.17) is 13.9 Å². The van der Waals surface area contributed by atoms with E-state index in [9.17, 15) is 4.79 Å². The molecule has 0 radical (unpaired) electrons. The van der Waals surface area contributed by atoms with Crippen LogP contribution in [0.15, 0.2) is 28.7 Å². The van der Waals surface area contributed by atoms with E-state index in [1.54, 1.807) is 25.3 Å². The van der Waals surface area contributed by atoms with E-state index >= 15 is 0 Å². The number of fused-ring (bicyclic) bond motifs is 1. The van der Waals surface area contributed by atoms with Gasteiger partial charge in [0, 0.05) is 17.5 Å². The number of aryl methyl sites for hydroxylation is 2. The third kappa shape index (κ3) is 2.50. The zero-order valence-electron chi connectivity index (χ0n) is 12.4. The number of methoxy groups -OCH3 is 1. The van der Waals surface area contributed by atoms with Crippen LogP contribution in [0.3, 0.4) is 0 Å². The molecule has 0 amide bonds. The van der Waals surface area contributed by atoms with Crippen LogP contribution in [0.2, 0.25) is 0 Å². The van der Waals surface area contributed by atoms with Crippen molar-refractivity contribution >= 4 is 17.3 Å². The third-order valence-electron chi connectivity index (χ3n) is 3.14. The van der Waals surface area contributed by atoms with Gasteiger partial charge in [0.05, 0.1) is 12.5 Å². The smallest absolute Gasteiger partial charge is 0.322 e. The molecule has 0 fully saturated rings. The zero-order chi connectivity index (χ0) is 15.7. The number of rotatable bonds is 4. The highest BCUT2D eigenvalue weighted by molar-refractivity contribution is 5.93. The van der Waals surface area contributed by atoms with Gasteiger partial charge in [0.2, 0.25) is 5.76 Å². The van der Waals surface area contributed by atoms with Gasteiger partial charge < -0.3 is 13.9 Å². The molecule has 3 aromatic rings. The van der Waals surface area contributed by atoms with E-state index in [1.807, 2.05) is 19.9 Å². The highest BCUT2D eigenvalue weighted by atomic mass is 16.5. The summed E-state index contributed by atoms with van der Waals surface area (Å²) in [5, 5.41) is 0.658. The number of carbonyl (C=O) groups is 1. The minimum absolute atomic E-state index is 0.0889. The van der Waals surface area contributed by atoms with Crippen LogP contribution in [-0.4, -0.2) is 23.4 Å². The van der Waals surface area contributed by atoms with E-state index in [2.05, 4.69) is 9.97 Å². The summed E-state index contributed by atoms with van der Waals surface area (Å²) < 4.78 is 16.3. The van der Waals surface area contributed by atoms with Crippen LogP contribution in [0.25, 0.3) is 11.0 Å². The van der Waals surface area contributed by atoms with Crippen LogP contribution in [0, 0.1) is 13.8 Å². The third-order valence-corrected chi connectivity index (χ3v) is 3.14. The number of hydrogen-bond acceptors (Lipinski definition) is 6. The molecule has 3 rings (SSSR count). The van der Waals surface area contributed by atoms with E-state index in [0.29, 0.717) is 28.8 Å². The SMILES string of the molecule is COc1ccc2c(Oc3nc(C)cc(C)n3)c(C=O)oc2c1. The molecule has 0 saturated carbocycles. The van der Waals surface area contributed by atoms with Crippen molar-refractivity contribution < 1.29 is 18.7 Å². The fourth-order valence-electron chi connectivity index (χ4n) is 2.21. The van der Waals surface area contributed by atoms with Gasteiger partial charge in [-0.05, 0) is 32.0 Å². The first-order valence-corrected chi connectivity index (χ1v) is 6.66. The van der Waals surface area contributed by atoms with Crippen molar-refractivity contribution in [2.75, 3.05) is 7.11 Å². The van der Waals surface area contributed by atoms with Crippen molar-refractivity contribution in [3.05, 3.63) is 41.4 Å². The molecule has 1 aromatic carbocycles. The fraction of sp³-hybridized carbons (Fsp3) is 0.188. The summed E-state index contributed by atoms with van der Waals surface area (Å²) in [6.07, 6.45) is 0.602.